The van der Waals surface area contributed by atoms with Crippen LogP contribution in [0.1, 0.15) is 6.92 Å². The number of ether oxygens (including phenoxy) is 2. The van der Waals surface area contributed by atoms with Crippen molar-refractivity contribution in [3.63, 3.8) is 0 Å². The van der Waals surface area contributed by atoms with E-state index in [-0.39, 0.29) is 6.10 Å². The van der Waals surface area contributed by atoms with Crippen LogP contribution in [0.25, 0.3) is 0 Å². The molecule has 0 aromatic heterocycles. The van der Waals surface area contributed by atoms with E-state index in [4.69, 9.17) is 9.47 Å². The summed E-state index contributed by atoms with van der Waals surface area (Å²) in [4.78, 5) is 2.14. The second-order valence-electron chi connectivity index (χ2n) is 4.12. The van der Waals surface area contributed by atoms with Gasteiger partial charge >= 0.3 is 0 Å². The minimum absolute atomic E-state index is 0.106. The van der Waals surface area contributed by atoms with Gasteiger partial charge in [-0.1, -0.05) is 12.1 Å². The lowest BCUT2D eigenvalue weighted by Gasteiger charge is -2.33. The van der Waals surface area contributed by atoms with Crippen LogP contribution in [0, 0.1) is 0 Å². The first-order valence-electron chi connectivity index (χ1n) is 5.23. The van der Waals surface area contributed by atoms with Crippen molar-refractivity contribution in [2.24, 2.45) is 0 Å². The SMILES string of the molecule is CC(C1COc2ccccc2O1)N(C)C. The largest absolute Gasteiger partial charge is 0.486 e. The summed E-state index contributed by atoms with van der Waals surface area (Å²) < 4.78 is 11.5. The Morgan fingerprint density at radius 2 is 1.93 bits per heavy atom. The molecule has 0 amide bonds. The fourth-order valence-corrected chi connectivity index (χ4v) is 1.61. The Labute approximate surface area is 90.6 Å². The highest BCUT2D eigenvalue weighted by Gasteiger charge is 2.26. The van der Waals surface area contributed by atoms with Crippen LogP contribution in [0.15, 0.2) is 24.3 Å². The van der Waals surface area contributed by atoms with Crippen LogP contribution >= 0.6 is 0 Å². The zero-order chi connectivity index (χ0) is 10.8. The van der Waals surface area contributed by atoms with Crippen molar-refractivity contribution in [1.29, 1.82) is 0 Å². The molecule has 0 N–H and O–H groups in total. The van der Waals surface area contributed by atoms with Crippen molar-refractivity contribution >= 4 is 0 Å². The second-order valence-corrected chi connectivity index (χ2v) is 4.12. The summed E-state index contributed by atoms with van der Waals surface area (Å²) in [7, 11) is 4.10. The van der Waals surface area contributed by atoms with Crippen molar-refractivity contribution in [3.05, 3.63) is 24.3 Å². The van der Waals surface area contributed by atoms with Gasteiger partial charge in [-0.15, -0.1) is 0 Å². The van der Waals surface area contributed by atoms with Crippen LogP contribution in [0.5, 0.6) is 11.5 Å². The number of hydrogen-bond acceptors (Lipinski definition) is 3. The van der Waals surface area contributed by atoms with Gasteiger partial charge in [0.2, 0.25) is 0 Å². The van der Waals surface area contributed by atoms with Crippen molar-refractivity contribution in [2.75, 3.05) is 20.7 Å². The van der Waals surface area contributed by atoms with E-state index in [1.54, 1.807) is 0 Å². The number of rotatable bonds is 2. The summed E-state index contributed by atoms with van der Waals surface area (Å²) in [5, 5.41) is 0. The van der Waals surface area contributed by atoms with Gasteiger partial charge in [0.1, 0.15) is 12.7 Å². The van der Waals surface area contributed by atoms with E-state index in [0.717, 1.165) is 11.5 Å². The molecule has 3 nitrogen and oxygen atoms in total. The molecular weight excluding hydrogens is 190 g/mol. The summed E-state index contributed by atoms with van der Waals surface area (Å²) in [6.07, 6.45) is 0.106. The molecule has 2 unspecified atom stereocenters. The van der Waals surface area contributed by atoms with Crippen LogP contribution in [-0.4, -0.2) is 37.7 Å². The minimum Gasteiger partial charge on any atom is -0.486 e. The number of para-hydroxylation sites is 2. The lowest BCUT2D eigenvalue weighted by molar-refractivity contribution is 0.0371. The first-order chi connectivity index (χ1) is 7.18. The third-order valence-corrected chi connectivity index (χ3v) is 2.88. The smallest absolute Gasteiger partial charge is 0.161 e. The third kappa shape index (κ3) is 2.07. The fourth-order valence-electron chi connectivity index (χ4n) is 1.61. The van der Waals surface area contributed by atoms with Gasteiger partial charge in [-0.25, -0.2) is 0 Å². The molecule has 0 bridgehead atoms. The Bertz CT molecular complexity index is 338. The Morgan fingerprint density at radius 1 is 1.27 bits per heavy atom. The van der Waals surface area contributed by atoms with Gasteiger partial charge < -0.3 is 14.4 Å². The molecule has 0 fully saturated rings. The fraction of sp³-hybridized carbons (Fsp3) is 0.500. The van der Waals surface area contributed by atoms with Crippen molar-refractivity contribution in [1.82, 2.24) is 4.90 Å². The van der Waals surface area contributed by atoms with Gasteiger partial charge in [-0.2, -0.15) is 0 Å². The zero-order valence-corrected chi connectivity index (χ0v) is 9.43. The molecular formula is C12H17NO2. The molecule has 0 saturated carbocycles. The Morgan fingerprint density at radius 3 is 2.60 bits per heavy atom. The average molecular weight is 207 g/mol. The van der Waals surface area contributed by atoms with E-state index >= 15 is 0 Å². The monoisotopic (exact) mass is 207 g/mol. The Hall–Kier alpha value is -1.22. The summed E-state index contributed by atoms with van der Waals surface area (Å²) >= 11 is 0. The summed E-state index contributed by atoms with van der Waals surface area (Å²) in [5.41, 5.74) is 0. The van der Waals surface area contributed by atoms with Crippen LogP contribution in [0.4, 0.5) is 0 Å². The lowest BCUT2D eigenvalue weighted by atomic mass is 10.1. The molecule has 2 atom stereocenters. The molecule has 0 saturated heterocycles. The average Bonchev–Trinajstić information content (AvgIpc) is 2.27. The van der Waals surface area contributed by atoms with Crippen LogP contribution in [-0.2, 0) is 0 Å². The summed E-state index contributed by atoms with van der Waals surface area (Å²) in [5.74, 6) is 1.70. The molecule has 1 aromatic carbocycles. The molecule has 82 valence electrons. The maximum Gasteiger partial charge on any atom is 0.161 e. The van der Waals surface area contributed by atoms with Crippen LogP contribution in [0.2, 0.25) is 0 Å². The van der Waals surface area contributed by atoms with Gasteiger partial charge in [-0.3, -0.25) is 0 Å². The molecule has 1 heterocycles. The van der Waals surface area contributed by atoms with Gasteiger partial charge in [0, 0.05) is 6.04 Å². The lowest BCUT2D eigenvalue weighted by Crippen LogP contribution is -2.45. The van der Waals surface area contributed by atoms with Crippen molar-refractivity contribution < 1.29 is 9.47 Å². The van der Waals surface area contributed by atoms with E-state index in [9.17, 15) is 0 Å². The number of nitrogens with zero attached hydrogens (tertiary/aromatic N) is 1. The first-order valence-corrected chi connectivity index (χ1v) is 5.23. The molecule has 1 aromatic rings. The summed E-state index contributed by atoms with van der Waals surface area (Å²) in [6.45, 7) is 2.76. The molecule has 3 heteroatoms. The highest BCUT2D eigenvalue weighted by Crippen LogP contribution is 2.31. The van der Waals surface area contributed by atoms with Gasteiger partial charge in [-0.05, 0) is 33.2 Å². The van der Waals surface area contributed by atoms with E-state index in [1.807, 2.05) is 24.3 Å². The van der Waals surface area contributed by atoms with Gasteiger partial charge in [0.15, 0.2) is 11.5 Å². The molecule has 0 spiro atoms. The van der Waals surface area contributed by atoms with E-state index in [1.165, 1.54) is 0 Å². The normalized spacial score (nSPS) is 21.5. The number of hydrogen-bond donors (Lipinski definition) is 0. The number of likely N-dealkylation sites (N-methyl/N-ethyl adjacent to an activating group) is 1. The van der Waals surface area contributed by atoms with Crippen LogP contribution < -0.4 is 9.47 Å². The van der Waals surface area contributed by atoms with Gasteiger partial charge in [0.25, 0.3) is 0 Å². The highest BCUT2D eigenvalue weighted by molar-refractivity contribution is 5.40. The predicted octanol–water partition coefficient (Wildman–Crippen LogP) is 1.78. The first kappa shape index (κ1) is 10.3. The molecule has 0 aliphatic carbocycles. The van der Waals surface area contributed by atoms with E-state index in [2.05, 4.69) is 25.9 Å². The standard InChI is InChI=1S/C12H17NO2/c1-9(13(2)3)12-8-14-10-6-4-5-7-11(10)15-12/h4-7,9,12H,8H2,1-3H3. The molecule has 2 rings (SSSR count). The molecule has 15 heavy (non-hydrogen) atoms. The quantitative estimate of drug-likeness (QED) is 0.737. The van der Waals surface area contributed by atoms with E-state index in [0.29, 0.717) is 12.6 Å². The number of benzene rings is 1. The highest BCUT2D eigenvalue weighted by atomic mass is 16.6. The second kappa shape index (κ2) is 4.11. The predicted molar refractivity (Wildman–Crippen MR) is 59.5 cm³/mol. The third-order valence-electron chi connectivity index (χ3n) is 2.88. The van der Waals surface area contributed by atoms with Crippen LogP contribution in [0.3, 0.4) is 0 Å². The van der Waals surface area contributed by atoms with Gasteiger partial charge in [0.05, 0.1) is 0 Å². The molecule has 1 aliphatic heterocycles. The van der Waals surface area contributed by atoms with E-state index < -0.39 is 0 Å². The maximum absolute atomic E-state index is 5.89. The molecule has 1 aliphatic rings. The minimum atomic E-state index is 0.106. The maximum atomic E-state index is 5.89. The van der Waals surface area contributed by atoms with Crippen molar-refractivity contribution in [3.8, 4) is 11.5 Å². The zero-order valence-electron chi connectivity index (χ0n) is 9.43. The topological polar surface area (TPSA) is 21.7 Å². The Balaban J connectivity index is 2.12. The summed E-state index contributed by atoms with van der Waals surface area (Å²) in [6, 6.07) is 8.15. The Kier molecular flexibility index (Phi) is 2.82. The van der Waals surface area contributed by atoms with Crippen molar-refractivity contribution in [2.45, 2.75) is 19.1 Å². The molecule has 0 radical (unpaired) electrons. The number of fused-ring (bicyclic) bond motifs is 1.